The van der Waals surface area contributed by atoms with Gasteiger partial charge in [0, 0.05) is 19.4 Å². The third-order valence-corrected chi connectivity index (χ3v) is 4.30. The molecule has 1 heterocycles. The summed E-state index contributed by atoms with van der Waals surface area (Å²) in [6, 6.07) is 16.3. The Hall–Kier alpha value is -2.69. The van der Waals surface area contributed by atoms with Crippen molar-refractivity contribution in [2.24, 2.45) is 5.16 Å². The first-order chi connectivity index (χ1) is 12.1. The molecule has 1 amide bonds. The Morgan fingerprint density at radius 3 is 2.68 bits per heavy atom. The average Bonchev–Trinajstić information content (AvgIpc) is 3.10. The van der Waals surface area contributed by atoms with Crippen molar-refractivity contribution in [2.45, 2.75) is 31.8 Å². The van der Waals surface area contributed by atoms with Crippen molar-refractivity contribution in [3.05, 3.63) is 71.5 Å². The van der Waals surface area contributed by atoms with Crippen LogP contribution in [0.4, 0.5) is 4.39 Å². The number of hydrogen-bond acceptors (Lipinski definition) is 3. The molecule has 1 aliphatic heterocycles. The molecule has 0 saturated heterocycles. The highest BCUT2D eigenvalue weighted by Gasteiger charge is 2.28. The summed E-state index contributed by atoms with van der Waals surface area (Å²) in [5.41, 5.74) is 2.92. The molecule has 2 aromatic rings. The van der Waals surface area contributed by atoms with E-state index in [1.165, 1.54) is 17.7 Å². The molecule has 5 heteroatoms. The van der Waals surface area contributed by atoms with E-state index < -0.39 is 6.10 Å². The van der Waals surface area contributed by atoms with Crippen LogP contribution in [0.1, 0.15) is 30.4 Å². The van der Waals surface area contributed by atoms with Crippen molar-refractivity contribution in [2.75, 3.05) is 6.54 Å². The van der Waals surface area contributed by atoms with E-state index in [1.807, 2.05) is 30.3 Å². The standard InChI is InChI=1S/C20H21FN2O2/c1-14(16-5-3-2-4-6-16)13-22-20(24)19-12-18(23-25-19)11-15-7-9-17(21)10-8-15/h2-10,14,19H,11-13H2,1H3,(H,22,24)/t14-,19-/m0/s1. The van der Waals surface area contributed by atoms with Gasteiger partial charge in [-0.25, -0.2) is 4.39 Å². The molecule has 3 rings (SSSR count). The molecule has 25 heavy (non-hydrogen) atoms. The second kappa shape index (κ2) is 7.92. The highest BCUT2D eigenvalue weighted by Crippen LogP contribution is 2.16. The second-order valence-electron chi connectivity index (χ2n) is 6.32. The van der Waals surface area contributed by atoms with Crippen LogP contribution >= 0.6 is 0 Å². The minimum atomic E-state index is -0.585. The van der Waals surface area contributed by atoms with E-state index in [0.29, 0.717) is 19.4 Å². The van der Waals surface area contributed by atoms with Crippen LogP contribution in [0, 0.1) is 5.82 Å². The minimum absolute atomic E-state index is 0.152. The van der Waals surface area contributed by atoms with Crippen molar-refractivity contribution < 1.29 is 14.0 Å². The molecule has 0 aliphatic carbocycles. The van der Waals surface area contributed by atoms with Gasteiger partial charge >= 0.3 is 0 Å². The van der Waals surface area contributed by atoms with E-state index in [0.717, 1.165) is 11.3 Å². The second-order valence-corrected chi connectivity index (χ2v) is 6.32. The number of benzene rings is 2. The lowest BCUT2D eigenvalue weighted by atomic mass is 10.0. The SMILES string of the molecule is C[C@@H](CNC(=O)[C@@H]1CC(Cc2ccc(F)cc2)=NO1)c1ccccc1. The van der Waals surface area contributed by atoms with Gasteiger partial charge in [-0.3, -0.25) is 4.79 Å². The summed E-state index contributed by atoms with van der Waals surface area (Å²) in [7, 11) is 0. The van der Waals surface area contributed by atoms with E-state index in [4.69, 9.17) is 4.84 Å². The molecule has 0 fully saturated rings. The lowest BCUT2D eigenvalue weighted by Crippen LogP contribution is -2.36. The van der Waals surface area contributed by atoms with Gasteiger partial charge in [0.1, 0.15) is 5.82 Å². The molecule has 4 nitrogen and oxygen atoms in total. The number of amides is 1. The predicted molar refractivity (Wildman–Crippen MR) is 94.9 cm³/mol. The lowest BCUT2D eigenvalue weighted by molar-refractivity contribution is -0.131. The normalized spacial score (nSPS) is 17.5. The number of nitrogens with zero attached hydrogens (tertiary/aromatic N) is 1. The molecule has 0 radical (unpaired) electrons. The highest BCUT2D eigenvalue weighted by molar-refractivity contribution is 5.93. The summed E-state index contributed by atoms with van der Waals surface area (Å²) in [5.74, 6) is -0.190. The summed E-state index contributed by atoms with van der Waals surface area (Å²) < 4.78 is 12.9. The zero-order valence-corrected chi connectivity index (χ0v) is 14.1. The zero-order chi connectivity index (χ0) is 17.6. The maximum Gasteiger partial charge on any atom is 0.264 e. The van der Waals surface area contributed by atoms with Crippen molar-refractivity contribution in [1.29, 1.82) is 0 Å². The van der Waals surface area contributed by atoms with E-state index in [2.05, 4.69) is 17.4 Å². The summed E-state index contributed by atoms with van der Waals surface area (Å²) >= 11 is 0. The molecule has 0 unspecified atom stereocenters. The van der Waals surface area contributed by atoms with Gasteiger partial charge in [0.2, 0.25) is 6.10 Å². The Balaban J connectivity index is 1.46. The topological polar surface area (TPSA) is 50.7 Å². The molecular formula is C20H21FN2O2. The van der Waals surface area contributed by atoms with Crippen LogP contribution in [-0.2, 0) is 16.1 Å². The van der Waals surface area contributed by atoms with Crippen molar-refractivity contribution in [1.82, 2.24) is 5.32 Å². The first kappa shape index (κ1) is 17.1. The smallest absolute Gasteiger partial charge is 0.264 e. The van der Waals surface area contributed by atoms with Gasteiger partial charge in [0.15, 0.2) is 0 Å². The van der Waals surface area contributed by atoms with Crippen LogP contribution in [0.25, 0.3) is 0 Å². The molecule has 0 aromatic heterocycles. The van der Waals surface area contributed by atoms with Gasteiger partial charge in [0.25, 0.3) is 5.91 Å². The number of nitrogens with one attached hydrogen (secondary N) is 1. The fraction of sp³-hybridized carbons (Fsp3) is 0.300. The maximum atomic E-state index is 12.9. The first-order valence-electron chi connectivity index (χ1n) is 8.40. The third kappa shape index (κ3) is 4.66. The van der Waals surface area contributed by atoms with Gasteiger partial charge in [-0.1, -0.05) is 54.5 Å². The number of oxime groups is 1. The Morgan fingerprint density at radius 1 is 1.24 bits per heavy atom. The lowest BCUT2D eigenvalue weighted by Gasteiger charge is -2.14. The Kier molecular flexibility index (Phi) is 5.43. The summed E-state index contributed by atoms with van der Waals surface area (Å²) in [6.45, 7) is 2.62. The van der Waals surface area contributed by atoms with Gasteiger partial charge in [-0.15, -0.1) is 0 Å². The van der Waals surface area contributed by atoms with Gasteiger partial charge in [-0.2, -0.15) is 0 Å². The van der Waals surface area contributed by atoms with Crippen molar-refractivity contribution >= 4 is 11.6 Å². The molecule has 2 atom stereocenters. The van der Waals surface area contributed by atoms with Gasteiger partial charge < -0.3 is 10.2 Å². The quantitative estimate of drug-likeness (QED) is 0.876. The van der Waals surface area contributed by atoms with Crippen LogP contribution in [0.15, 0.2) is 59.8 Å². The van der Waals surface area contributed by atoms with E-state index in [1.54, 1.807) is 12.1 Å². The molecule has 0 bridgehead atoms. The number of carbonyl (C=O) groups excluding carboxylic acids is 1. The Bertz CT molecular complexity index is 744. The fourth-order valence-corrected chi connectivity index (χ4v) is 2.78. The Morgan fingerprint density at radius 2 is 1.96 bits per heavy atom. The molecule has 130 valence electrons. The van der Waals surface area contributed by atoms with Crippen LogP contribution in [0.2, 0.25) is 0 Å². The van der Waals surface area contributed by atoms with Gasteiger partial charge in [0.05, 0.1) is 5.71 Å². The number of carbonyl (C=O) groups is 1. The van der Waals surface area contributed by atoms with Crippen molar-refractivity contribution in [3.8, 4) is 0 Å². The van der Waals surface area contributed by atoms with E-state index in [9.17, 15) is 9.18 Å². The molecule has 1 aliphatic rings. The monoisotopic (exact) mass is 340 g/mol. The Labute approximate surface area is 146 Å². The van der Waals surface area contributed by atoms with Crippen LogP contribution < -0.4 is 5.32 Å². The average molecular weight is 340 g/mol. The number of rotatable bonds is 6. The molecular weight excluding hydrogens is 319 g/mol. The maximum absolute atomic E-state index is 12.9. The first-order valence-corrected chi connectivity index (χ1v) is 8.40. The van der Waals surface area contributed by atoms with E-state index in [-0.39, 0.29) is 17.6 Å². The molecule has 0 saturated carbocycles. The highest BCUT2D eigenvalue weighted by atomic mass is 19.1. The number of halogens is 1. The minimum Gasteiger partial charge on any atom is -0.382 e. The number of hydrogen-bond donors (Lipinski definition) is 1. The summed E-state index contributed by atoms with van der Waals surface area (Å²) in [5, 5.41) is 6.93. The zero-order valence-electron chi connectivity index (χ0n) is 14.1. The predicted octanol–water partition coefficient (Wildman–Crippen LogP) is 3.43. The fourth-order valence-electron chi connectivity index (χ4n) is 2.78. The molecule has 2 aromatic carbocycles. The van der Waals surface area contributed by atoms with E-state index >= 15 is 0 Å². The van der Waals surface area contributed by atoms with Crippen LogP contribution in [0.5, 0.6) is 0 Å². The van der Waals surface area contributed by atoms with Crippen molar-refractivity contribution in [3.63, 3.8) is 0 Å². The van der Waals surface area contributed by atoms with Gasteiger partial charge in [-0.05, 0) is 29.2 Å². The third-order valence-electron chi connectivity index (χ3n) is 4.30. The van der Waals surface area contributed by atoms with Crippen LogP contribution in [0.3, 0.4) is 0 Å². The molecule has 0 spiro atoms. The summed E-state index contributed by atoms with van der Waals surface area (Å²) in [4.78, 5) is 17.5. The van der Waals surface area contributed by atoms with Crippen LogP contribution in [-0.4, -0.2) is 24.3 Å². The molecule has 1 N–H and O–H groups in total. The summed E-state index contributed by atoms with van der Waals surface area (Å²) in [6.07, 6.45) is 0.436. The largest absolute Gasteiger partial charge is 0.382 e.